The van der Waals surface area contributed by atoms with E-state index in [1.54, 1.807) is 24.3 Å². The van der Waals surface area contributed by atoms with E-state index in [1.165, 1.54) is 6.07 Å². The number of phenols is 1. The van der Waals surface area contributed by atoms with Gasteiger partial charge < -0.3 is 19.9 Å². The van der Waals surface area contributed by atoms with E-state index in [0.29, 0.717) is 17.2 Å². The van der Waals surface area contributed by atoms with Crippen LogP contribution in [-0.4, -0.2) is 23.2 Å². The maximum Gasteiger partial charge on any atom is 0.262 e. The van der Waals surface area contributed by atoms with E-state index in [9.17, 15) is 9.90 Å². The number of hydrogen-bond donors (Lipinski definition) is 2. The van der Waals surface area contributed by atoms with Crippen molar-refractivity contribution in [1.82, 2.24) is 0 Å². The van der Waals surface area contributed by atoms with E-state index in [2.05, 4.69) is 5.32 Å². The largest absolute Gasteiger partial charge is 0.508 e. The Kier molecular flexibility index (Phi) is 3.86. The molecule has 0 aromatic heterocycles. The fourth-order valence-electron chi connectivity index (χ4n) is 2.63. The maximum atomic E-state index is 12.0. The van der Waals surface area contributed by atoms with Crippen LogP contribution >= 0.6 is 0 Å². The molecular formula is C18H19NO4. The summed E-state index contributed by atoms with van der Waals surface area (Å²) in [5, 5.41) is 12.1. The second kappa shape index (κ2) is 5.83. The summed E-state index contributed by atoms with van der Waals surface area (Å²) in [7, 11) is 0. The van der Waals surface area contributed by atoms with Crippen LogP contribution in [0.4, 0.5) is 5.69 Å². The minimum Gasteiger partial charge on any atom is -0.508 e. The van der Waals surface area contributed by atoms with Gasteiger partial charge in [0.2, 0.25) is 0 Å². The van der Waals surface area contributed by atoms with E-state index < -0.39 is 0 Å². The lowest BCUT2D eigenvalue weighted by molar-refractivity contribution is -0.118. The number of ether oxygens (including phenoxy) is 2. The van der Waals surface area contributed by atoms with Crippen LogP contribution in [0, 0.1) is 0 Å². The molecule has 0 saturated carbocycles. The Balaban J connectivity index is 1.63. The van der Waals surface area contributed by atoms with Crippen molar-refractivity contribution in [3.63, 3.8) is 0 Å². The van der Waals surface area contributed by atoms with Gasteiger partial charge in [0.1, 0.15) is 11.4 Å². The zero-order chi connectivity index (χ0) is 16.4. The lowest BCUT2D eigenvalue weighted by atomic mass is 10.0. The Morgan fingerprint density at radius 1 is 1.30 bits per heavy atom. The average Bonchev–Trinajstić information content (AvgIpc) is 2.79. The second-order valence-corrected chi connectivity index (χ2v) is 6.17. The van der Waals surface area contributed by atoms with Gasteiger partial charge in [0.15, 0.2) is 18.1 Å². The first-order valence-electron chi connectivity index (χ1n) is 7.45. The van der Waals surface area contributed by atoms with Crippen molar-refractivity contribution in [3.05, 3.63) is 48.0 Å². The van der Waals surface area contributed by atoms with Crippen LogP contribution in [0.15, 0.2) is 42.5 Å². The van der Waals surface area contributed by atoms with Gasteiger partial charge in [0, 0.05) is 23.7 Å². The molecule has 120 valence electrons. The molecule has 0 fully saturated rings. The molecule has 0 aliphatic carbocycles. The number of phenolic OH excluding ortho intramolecular Hbond substituents is 1. The summed E-state index contributed by atoms with van der Waals surface area (Å²) in [6, 6.07) is 12.1. The van der Waals surface area contributed by atoms with Crippen molar-refractivity contribution in [3.8, 4) is 17.2 Å². The van der Waals surface area contributed by atoms with E-state index in [4.69, 9.17) is 9.47 Å². The summed E-state index contributed by atoms with van der Waals surface area (Å²) >= 11 is 0. The third-order valence-corrected chi connectivity index (χ3v) is 3.54. The Hall–Kier alpha value is -2.69. The molecule has 2 aromatic carbocycles. The highest BCUT2D eigenvalue weighted by Crippen LogP contribution is 2.41. The standard InChI is InChI=1S/C18H19NO4/c1-18(2)10-12-5-3-8-15(17(12)23-18)22-11-16(21)19-13-6-4-7-14(20)9-13/h3-9,20H,10-11H2,1-2H3,(H,19,21). The Bertz CT molecular complexity index is 740. The van der Waals surface area contributed by atoms with Gasteiger partial charge in [-0.25, -0.2) is 0 Å². The normalized spacial score (nSPS) is 14.7. The second-order valence-electron chi connectivity index (χ2n) is 6.17. The van der Waals surface area contributed by atoms with Crippen LogP contribution in [0.1, 0.15) is 19.4 Å². The third-order valence-electron chi connectivity index (χ3n) is 3.54. The number of rotatable bonds is 4. The zero-order valence-electron chi connectivity index (χ0n) is 13.1. The Labute approximate surface area is 134 Å². The Morgan fingerprint density at radius 3 is 2.87 bits per heavy atom. The molecule has 5 heteroatoms. The highest BCUT2D eigenvalue weighted by atomic mass is 16.5. The van der Waals surface area contributed by atoms with Crippen LogP contribution < -0.4 is 14.8 Å². The molecule has 0 spiro atoms. The molecule has 1 aliphatic heterocycles. The molecule has 2 N–H and O–H groups in total. The number of aromatic hydroxyl groups is 1. The Morgan fingerprint density at radius 2 is 2.09 bits per heavy atom. The number of carbonyl (C=O) groups is 1. The number of amides is 1. The summed E-state index contributed by atoms with van der Waals surface area (Å²) in [4.78, 5) is 12.0. The molecule has 2 aromatic rings. The van der Waals surface area contributed by atoms with E-state index >= 15 is 0 Å². The molecule has 0 radical (unpaired) electrons. The molecule has 3 rings (SSSR count). The third kappa shape index (κ3) is 3.56. The van der Waals surface area contributed by atoms with Crippen molar-refractivity contribution >= 4 is 11.6 Å². The molecule has 0 unspecified atom stereocenters. The summed E-state index contributed by atoms with van der Waals surface area (Å²) in [5.74, 6) is 1.08. The van der Waals surface area contributed by atoms with Crippen LogP contribution in [0.3, 0.4) is 0 Å². The highest BCUT2D eigenvalue weighted by Gasteiger charge is 2.32. The monoisotopic (exact) mass is 313 g/mol. The number of anilines is 1. The van der Waals surface area contributed by atoms with E-state index in [0.717, 1.165) is 12.0 Å². The van der Waals surface area contributed by atoms with Gasteiger partial charge in [-0.3, -0.25) is 4.79 Å². The van der Waals surface area contributed by atoms with Crippen molar-refractivity contribution in [1.29, 1.82) is 0 Å². The molecule has 0 saturated heterocycles. The van der Waals surface area contributed by atoms with Crippen molar-refractivity contribution in [2.45, 2.75) is 25.9 Å². The topological polar surface area (TPSA) is 67.8 Å². The molecular weight excluding hydrogens is 294 g/mol. The van der Waals surface area contributed by atoms with E-state index in [-0.39, 0.29) is 23.9 Å². The number of benzene rings is 2. The summed E-state index contributed by atoms with van der Waals surface area (Å²) in [6.45, 7) is 3.91. The molecule has 1 aliphatic rings. The van der Waals surface area contributed by atoms with Crippen LogP contribution in [0.5, 0.6) is 17.2 Å². The van der Waals surface area contributed by atoms with E-state index in [1.807, 2.05) is 26.0 Å². The van der Waals surface area contributed by atoms with Crippen LogP contribution in [0.25, 0.3) is 0 Å². The van der Waals surface area contributed by atoms with Crippen LogP contribution in [0.2, 0.25) is 0 Å². The molecule has 0 bridgehead atoms. The number of nitrogens with one attached hydrogen (secondary N) is 1. The first-order chi connectivity index (χ1) is 10.9. The van der Waals surface area contributed by atoms with Gasteiger partial charge in [0.25, 0.3) is 5.91 Å². The quantitative estimate of drug-likeness (QED) is 0.910. The lowest BCUT2D eigenvalue weighted by Crippen LogP contribution is -2.25. The molecule has 23 heavy (non-hydrogen) atoms. The predicted octanol–water partition coefficient (Wildman–Crippen LogP) is 3.12. The fraction of sp³-hybridized carbons (Fsp3) is 0.278. The van der Waals surface area contributed by atoms with Crippen molar-refractivity contribution < 1.29 is 19.4 Å². The van der Waals surface area contributed by atoms with Gasteiger partial charge in [-0.05, 0) is 32.0 Å². The first-order valence-corrected chi connectivity index (χ1v) is 7.45. The zero-order valence-corrected chi connectivity index (χ0v) is 13.1. The van der Waals surface area contributed by atoms with Crippen molar-refractivity contribution in [2.24, 2.45) is 0 Å². The van der Waals surface area contributed by atoms with Gasteiger partial charge in [-0.15, -0.1) is 0 Å². The van der Waals surface area contributed by atoms with Gasteiger partial charge >= 0.3 is 0 Å². The predicted molar refractivity (Wildman–Crippen MR) is 87.1 cm³/mol. The maximum absolute atomic E-state index is 12.0. The van der Waals surface area contributed by atoms with Gasteiger partial charge in [-0.1, -0.05) is 18.2 Å². The van der Waals surface area contributed by atoms with Crippen LogP contribution in [-0.2, 0) is 11.2 Å². The smallest absolute Gasteiger partial charge is 0.262 e. The highest BCUT2D eigenvalue weighted by molar-refractivity contribution is 5.92. The molecule has 1 heterocycles. The SMILES string of the molecule is CC1(C)Cc2cccc(OCC(=O)Nc3cccc(O)c3)c2O1. The number of hydrogen-bond acceptors (Lipinski definition) is 4. The fourth-order valence-corrected chi connectivity index (χ4v) is 2.63. The van der Waals surface area contributed by atoms with Crippen molar-refractivity contribution in [2.75, 3.05) is 11.9 Å². The number of carbonyl (C=O) groups excluding carboxylic acids is 1. The minimum absolute atomic E-state index is 0.0974. The summed E-state index contributed by atoms with van der Waals surface area (Å²) in [5.41, 5.74) is 1.35. The number of para-hydroxylation sites is 1. The molecule has 5 nitrogen and oxygen atoms in total. The molecule has 0 atom stereocenters. The molecule has 1 amide bonds. The summed E-state index contributed by atoms with van der Waals surface area (Å²) < 4.78 is 11.5. The minimum atomic E-state index is -0.300. The first kappa shape index (κ1) is 15.2. The lowest BCUT2D eigenvalue weighted by Gasteiger charge is -2.18. The summed E-state index contributed by atoms with van der Waals surface area (Å²) in [6.07, 6.45) is 0.815. The number of fused-ring (bicyclic) bond motifs is 1. The average molecular weight is 313 g/mol. The van der Waals surface area contributed by atoms with Gasteiger partial charge in [-0.2, -0.15) is 0 Å². The van der Waals surface area contributed by atoms with Gasteiger partial charge in [0.05, 0.1) is 0 Å².